The van der Waals surface area contributed by atoms with E-state index in [0.717, 1.165) is 30.0 Å². The molecule has 4 nitrogen and oxygen atoms in total. The van der Waals surface area contributed by atoms with Gasteiger partial charge in [-0.05, 0) is 61.3 Å². The number of hydrogen-bond donors (Lipinski definition) is 0. The molecule has 2 fully saturated rings. The molecule has 4 rings (SSSR count). The minimum absolute atomic E-state index is 0.118. The lowest BCUT2D eigenvalue weighted by Crippen LogP contribution is -2.35. The van der Waals surface area contributed by atoms with Crippen LogP contribution < -0.4 is 0 Å². The van der Waals surface area contributed by atoms with Crippen LogP contribution in [0.3, 0.4) is 0 Å². The minimum Gasteiger partial charge on any atom is -0.338 e. The number of carbonyl (C=O) groups excluding carboxylic acids is 1. The topological polar surface area (TPSA) is 40.6 Å². The van der Waals surface area contributed by atoms with Crippen molar-refractivity contribution in [2.75, 3.05) is 13.1 Å². The zero-order valence-corrected chi connectivity index (χ0v) is 15.4. The van der Waals surface area contributed by atoms with Crippen LogP contribution in [0.2, 0.25) is 0 Å². The monoisotopic (exact) mass is 346 g/mol. The Morgan fingerprint density at radius 3 is 2.71 bits per heavy atom. The van der Waals surface area contributed by atoms with Crippen LogP contribution in [-0.4, -0.2) is 38.5 Å². The van der Waals surface area contributed by atoms with Crippen LogP contribution in [-0.2, 0) is 28.7 Å². The molecule has 3 aliphatic rings. The van der Waals surface area contributed by atoms with Gasteiger partial charge in [-0.1, -0.05) is 12.5 Å². The highest BCUT2D eigenvalue weighted by molar-refractivity contribution is 7.82. The largest absolute Gasteiger partial charge is 0.338 e. The Kier molecular flexibility index (Phi) is 4.04. The average Bonchev–Trinajstić information content (AvgIpc) is 2.91. The number of hydrogen-bond acceptors (Lipinski definition) is 2. The van der Waals surface area contributed by atoms with Gasteiger partial charge >= 0.3 is 0 Å². The van der Waals surface area contributed by atoms with E-state index in [9.17, 15) is 9.00 Å². The van der Waals surface area contributed by atoms with Gasteiger partial charge in [-0.2, -0.15) is 0 Å². The SMILES string of the molecule is CC(=O)N1CCc2ccc(S(=O)N3CC4(CCC4)CC3C)cc2C1. The first kappa shape index (κ1) is 16.3. The number of benzene rings is 1. The van der Waals surface area contributed by atoms with Crippen molar-refractivity contribution in [3.63, 3.8) is 0 Å². The number of nitrogens with zero attached hydrogens (tertiary/aromatic N) is 2. The highest BCUT2D eigenvalue weighted by Crippen LogP contribution is 2.50. The fraction of sp³-hybridized carbons (Fsp3) is 0.632. The maximum absolute atomic E-state index is 13.1. The number of rotatable bonds is 2. The van der Waals surface area contributed by atoms with Gasteiger partial charge in [0.05, 0.1) is 4.90 Å². The zero-order chi connectivity index (χ0) is 16.9. The summed E-state index contributed by atoms with van der Waals surface area (Å²) < 4.78 is 15.3. The predicted octanol–water partition coefficient (Wildman–Crippen LogP) is 2.88. The molecule has 130 valence electrons. The van der Waals surface area contributed by atoms with Gasteiger partial charge in [0.25, 0.3) is 0 Å². The Morgan fingerprint density at radius 1 is 1.29 bits per heavy atom. The summed E-state index contributed by atoms with van der Waals surface area (Å²) in [6.07, 6.45) is 5.99. The fourth-order valence-corrected chi connectivity index (χ4v) is 6.08. The van der Waals surface area contributed by atoms with E-state index < -0.39 is 11.0 Å². The van der Waals surface area contributed by atoms with Gasteiger partial charge in [-0.3, -0.25) is 4.79 Å². The Balaban J connectivity index is 1.55. The number of carbonyl (C=O) groups is 1. The third kappa shape index (κ3) is 2.72. The summed E-state index contributed by atoms with van der Waals surface area (Å²) in [5, 5.41) is 0. The second-order valence-corrected chi connectivity index (χ2v) is 9.29. The minimum atomic E-state index is -1.09. The van der Waals surface area contributed by atoms with E-state index in [1.54, 1.807) is 6.92 Å². The van der Waals surface area contributed by atoms with Gasteiger partial charge in [0.15, 0.2) is 0 Å². The Labute approximate surface area is 146 Å². The summed E-state index contributed by atoms with van der Waals surface area (Å²) in [7, 11) is -1.09. The quantitative estimate of drug-likeness (QED) is 0.826. The summed E-state index contributed by atoms with van der Waals surface area (Å²) >= 11 is 0. The van der Waals surface area contributed by atoms with Gasteiger partial charge in [0.1, 0.15) is 11.0 Å². The number of fused-ring (bicyclic) bond motifs is 1. The summed E-state index contributed by atoms with van der Waals surface area (Å²) in [4.78, 5) is 14.4. The molecule has 5 heteroatoms. The smallest absolute Gasteiger partial charge is 0.219 e. The molecular weight excluding hydrogens is 320 g/mol. The normalized spacial score (nSPS) is 26.9. The van der Waals surface area contributed by atoms with Crippen LogP contribution in [0.4, 0.5) is 0 Å². The third-order valence-corrected chi connectivity index (χ3v) is 7.75. The lowest BCUT2D eigenvalue weighted by molar-refractivity contribution is -0.129. The van der Waals surface area contributed by atoms with Crippen LogP contribution in [0.1, 0.15) is 50.7 Å². The lowest BCUT2D eigenvalue weighted by Gasteiger charge is -2.38. The van der Waals surface area contributed by atoms with Gasteiger partial charge in [-0.25, -0.2) is 8.51 Å². The van der Waals surface area contributed by atoms with Crippen molar-refractivity contribution in [3.8, 4) is 0 Å². The molecule has 1 amide bonds. The summed E-state index contributed by atoms with van der Waals surface area (Å²) in [6.45, 7) is 6.24. The molecule has 24 heavy (non-hydrogen) atoms. The van der Waals surface area contributed by atoms with Crippen molar-refractivity contribution in [1.82, 2.24) is 9.21 Å². The first-order chi connectivity index (χ1) is 11.5. The molecule has 1 aromatic carbocycles. The van der Waals surface area contributed by atoms with E-state index in [1.807, 2.05) is 11.0 Å². The number of amides is 1. The van der Waals surface area contributed by atoms with Crippen LogP contribution >= 0.6 is 0 Å². The molecule has 2 atom stereocenters. The molecule has 0 bridgehead atoms. The van der Waals surface area contributed by atoms with E-state index in [4.69, 9.17) is 0 Å². The molecule has 1 saturated carbocycles. The fourth-order valence-electron chi connectivity index (χ4n) is 4.59. The van der Waals surface area contributed by atoms with Crippen LogP contribution in [0.25, 0.3) is 0 Å². The molecule has 2 unspecified atom stereocenters. The maximum atomic E-state index is 13.1. The van der Waals surface area contributed by atoms with Crippen molar-refractivity contribution in [3.05, 3.63) is 29.3 Å². The van der Waals surface area contributed by atoms with E-state index in [-0.39, 0.29) is 5.91 Å². The second kappa shape index (κ2) is 5.95. The van der Waals surface area contributed by atoms with Crippen molar-refractivity contribution >= 4 is 16.9 Å². The van der Waals surface area contributed by atoms with E-state index >= 15 is 0 Å². The molecule has 1 aromatic rings. The molecule has 1 spiro atoms. The lowest BCUT2D eigenvalue weighted by atomic mass is 9.68. The zero-order valence-electron chi connectivity index (χ0n) is 14.6. The van der Waals surface area contributed by atoms with Gasteiger partial charge in [0, 0.05) is 32.6 Å². The summed E-state index contributed by atoms with van der Waals surface area (Å²) in [5.41, 5.74) is 2.89. The molecular formula is C19H26N2O2S. The van der Waals surface area contributed by atoms with Gasteiger partial charge in [-0.15, -0.1) is 0 Å². The molecule has 1 saturated heterocycles. The van der Waals surface area contributed by atoms with Crippen LogP contribution in [0, 0.1) is 5.41 Å². The predicted molar refractivity (Wildman–Crippen MR) is 94.7 cm³/mol. The molecule has 0 aromatic heterocycles. The average molecular weight is 346 g/mol. The van der Waals surface area contributed by atoms with Gasteiger partial charge in [0.2, 0.25) is 5.91 Å². The summed E-state index contributed by atoms with van der Waals surface area (Å²) in [5.74, 6) is 0.118. The van der Waals surface area contributed by atoms with Crippen molar-refractivity contribution < 1.29 is 9.00 Å². The maximum Gasteiger partial charge on any atom is 0.219 e. The second-order valence-electron chi connectivity index (χ2n) is 7.85. The van der Waals surface area contributed by atoms with E-state index in [2.05, 4.69) is 23.4 Å². The molecule has 1 aliphatic carbocycles. The molecule has 0 radical (unpaired) electrons. The van der Waals surface area contributed by atoms with Crippen molar-refractivity contribution in [2.24, 2.45) is 5.41 Å². The molecule has 2 aliphatic heterocycles. The van der Waals surface area contributed by atoms with Crippen LogP contribution in [0.5, 0.6) is 0 Å². The van der Waals surface area contributed by atoms with Gasteiger partial charge < -0.3 is 4.90 Å². The Bertz CT molecular complexity index is 699. The first-order valence-electron chi connectivity index (χ1n) is 9.03. The van der Waals surface area contributed by atoms with E-state index in [0.29, 0.717) is 18.0 Å². The van der Waals surface area contributed by atoms with E-state index in [1.165, 1.54) is 31.2 Å². The third-order valence-electron chi connectivity index (χ3n) is 6.18. The Hall–Kier alpha value is -1.20. The van der Waals surface area contributed by atoms with Crippen molar-refractivity contribution in [1.29, 1.82) is 0 Å². The highest BCUT2D eigenvalue weighted by atomic mass is 32.2. The standard InChI is InChI=1S/C19H26N2O2S/c1-14-11-19(7-3-8-19)13-21(14)24(23)18-5-4-16-6-9-20(15(2)22)12-17(16)10-18/h4-5,10,14H,3,6-9,11-13H2,1-2H3. The van der Waals surface area contributed by atoms with Crippen molar-refractivity contribution in [2.45, 2.75) is 63.4 Å². The molecule has 0 N–H and O–H groups in total. The Morgan fingerprint density at radius 2 is 2.08 bits per heavy atom. The van der Waals surface area contributed by atoms with Crippen LogP contribution in [0.15, 0.2) is 23.1 Å². The highest BCUT2D eigenvalue weighted by Gasteiger charge is 2.47. The molecule has 2 heterocycles. The first-order valence-corrected chi connectivity index (χ1v) is 10.1. The summed E-state index contributed by atoms with van der Waals surface area (Å²) in [6, 6.07) is 6.59.